The number of nitrogens with zero attached hydrogens (tertiary/aromatic N) is 3. The molecule has 0 aliphatic heterocycles. The first-order valence-corrected chi connectivity index (χ1v) is 8.74. The van der Waals surface area contributed by atoms with Crippen molar-refractivity contribution in [1.29, 1.82) is 5.26 Å². The van der Waals surface area contributed by atoms with Crippen LogP contribution in [0, 0.1) is 11.3 Å². The lowest BCUT2D eigenvalue weighted by molar-refractivity contribution is -0.0523. The summed E-state index contributed by atoms with van der Waals surface area (Å²) in [5.41, 5.74) is 7.71. The Morgan fingerprint density at radius 3 is 2.76 bits per heavy atom. The minimum absolute atomic E-state index is 0.147. The highest BCUT2D eigenvalue weighted by atomic mass is 16.7. The number of aromatic nitrogens is 2. The summed E-state index contributed by atoms with van der Waals surface area (Å²) in [5, 5.41) is 28.0. The van der Waals surface area contributed by atoms with Gasteiger partial charge in [0.05, 0.1) is 23.8 Å². The number of aliphatic hydroxyl groups excluding tert-OH is 1. The predicted molar refractivity (Wildman–Crippen MR) is 103 cm³/mol. The third-order valence-corrected chi connectivity index (χ3v) is 3.54. The van der Waals surface area contributed by atoms with Crippen LogP contribution in [-0.4, -0.2) is 51.0 Å². The smallest absolute Gasteiger partial charge is 0.284 e. The molecule has 1 aromatic heterocycles. The second-order valence-corrected chi connectivity index (χ2v) is 6.95. The van der Waals surface area contributed by atoms with Gasteiger partial charge < -0.3 is 20.7 Å². The number of nitrogens with two attached hydrogens (primary N) is 1. The zero-order chi connectivity index (χ0) is 21.6. The van der Waals surface area contributed by atoms with Gasteiger partial charge in [0.2, 0.25) is 5.88 Å². The van der Waals surface area contributed by atoms with E-state index in [1.54, 1.807) is 31.2 Å². The van der Waals surface area contributed by atoms with Crippen LogP contribution in [0.25, 0.3) is 11.4 Å². The SMILES string of the molecule is C[C@@H](CO)Oc1nc(-c2cccc(C#N)c2)nc(N)c1C(=O)NOCC(C)(C)O. The molecule has 0 aliphatic rings. The van der Waals surface area contributed by atoms with E-state index in [-0.39, 0.29) is 36.3 Å². The number of nitrogen functional groups attached to an aromatic ring is 1. The number of nitriles is 1. The molecule has 154 valence electrons. The molecule has 29 heavy (non-hydrogen) atoms. The van der Waals surface area contributed by atoms with Gasteiger partial charge in [-0.25, -0.2) is 10.5 Å². The van der Waals surface area contributed by atoms with E-state index in [4.69, 9.17) is 20.6 Å². The molecule has 5 N–H and O–H groups in total. The lowest BCUT2D eigenvalue weighted by Gasteiger charge is -2.19. The van der Waals surface area contributed by atoms with E-state index in [9.17, 15) is 15.0 Å². The summed E-state index contributed by atoms with van der Waals surface area (Å²) < 4.78 is 5.55. The molecule has 10 nitrogen and oxygen atoms in total. The first-order chi connectivity index (χ1) is 13.6. The van der Waals surface area contributed by atoms with Gasteiger partial charge in [0.25, 0.3) is 5.91 Å². The van der Waals surface area contributed by atoms with Crippen molar-refractivity contribution in [2.24, 2.45) is 0 Å². The van der Waals surface area contributed by atoms with Crippen LogP contribution in [0.1, 0.15) is 36.7 Å². The number of benzene rings is 1. The van der Waals surface area contributed by atoms with Gasteiger partial charge in [-0.3, -0.25) is 9.63 Å². The van der Waals surface area contributed by atoms with Gasteiger partial charge in [-0.15, -0.1) is 0 Å². The van der Waals surface area contributed by atoms with Crippen LogP contribution in [0.3, 0.4) is 0 Å². The quantitative estimate of drug-likeness (QED) is 0.468. The molecule has 10 heteroatoms. The van der Waals surface area contributed by atoms with Crippen molar-refractivity contribution in [3.8, 4) is 23.3 Å². The number of hydroxylamine groups is 1. The van der Waals surface area contributed by atoms with Gasteiger partial charge in [-0.2, -0.15) is 10.2 Å². The highest BCUT2D eigenvalue weighted by Crippen LogP contribution is 2.27. The van der Waals surface area contributed by atoms with Crippen LogP contribution >= 0.6 is 0 Å². The van der Waals surface area contributed by atoms with Crippen LogP contribution in [-0.2, 0) is 4.84 Å². The minimum Gasteiger partial charge on any atom is -0.471 e. The number of hydrogen-bond acceptors (Lipinski definition) is 9. The summed E-state index contributed by atoms with van der Waals surface area (Å²) in [5.74, 6) is -0.958. The summed E-state index contributed by atoms with van der Waals surface area (Å²) in [6.45, 7) is 4.12. The lowest BCUT2D eigenvalue weighted by atomic mass is 10.1. The monoisotopic (exact) mass is 401 g/mol. The van der Waals surface area contributed by atoms with Crippen molar-refractivity contribution in [2.75, 3.05) is 18.9 Å². The number of nitrogens with one attached hydrogen (secondary N) is 1. The summed E-state index contributed by atoms with van der Waals surface area (Å²) in [7, 11) is 0. The fraction of sp³-hybridized carbons (Fsp3) is 0.368. The van der Waals surface area contributed by atoms with Gasteiger partial charge in [0.15, 0.2) is 5.82 Å². The molecule has 0 saturated heterocycles. The third-order valence-electron chi connectivity index (χ3n) is 3.54. The van der Waals surface area contributed by atoms with E-state index in [0.29, 0.717) is 11.1 Å². The molecule has 0 aliphatic carbocycles. The molecule has 1 amide bonds. The fourth-order valence-corrected chi connectivity index (χ4v) is 2.17. The molecule has 1 aromatic carbocycles. The van der Waals surface area contributed by atoms with E-state index in [1.807, 2.05) is 6.07 Å². The summed E-state index contributed by atoms with van der Waals surface area (Å²) in [6.07, 6.45) is -0.675. The molecule has 1 heterocycles. The molecule has 0 fully saturated rings. The molecule has 0 radical (unpaired) electrons. The third kappa shape index (κ3) is 6.11. The minimum atomic E-state index is -1.16. The van der Waals surface area contributed by atoms with Crippen molar-refractivity contribution >= 4 is 11.7 Å². The van der Waals surface area contributed by atoms with E-state index in [1.165, 1.54) is 13.8 Å². The number of carbonyl (C=O) groups is 1. The Kier molecular flexibility index (Phi) is 7.06. The number of anilines is 1. The van der Waals surface area contributed by atoms with Crippen LogP contribution in [0.5, 0.6) is 5.88 Å². The molecular weight excluding hydrogens is 378 g/mol. The number of aliphatic hydroxyl groups is 2. The van der Waals surface area contributed by atoms with Gasteiger partial charge >= 0.3 is 0 Å². The topological polar surface area (TPSA) is 164 Å². The lowest BCUT2D eigenvalue weighted by Crippen LogP contribution is -2.34. The van der Waals surface area contributed by atoms with Crippen LogP contribution in [0.4, 0.5) is 5.82 Å². The maximum absolute atomic E-state index is 12.5. The maximum Gasteiger partial charge on any atom is 0.284 e. The maximum atomic E-state index is 12.5. The van der Waals surface area contributed by atoms with Gasteiger partial charge in [0.1, 0.15) is 24.1 Å². The van der Waals surface area contributed by atoms with Crippen LogP contribution < -0.4 is 16.0 Å². The van der Waals surface area contributed by atoms with Gasteiger partial charge in [-0.1, -0.05) is 12.1 Å². The normalized spacial score (nSPS) is 12.1. The standard InChI is InChI=1S/C19H23N5O5/c1-11(9-25)29-18-14(17(26)24-28-10-19(2,3)27)15(21)22-16(23-18)13-6-4-5-12(7-13)8-20/h4-7,11,25,27H,9-10H2,1-3H3,(H,24,26)(H2,21,22,23)/t11-/m0/s1. The molecule has 0 unspecified atom stereocenters. The Morgan fingerprint density at radius 1 is 1.41 bits per heavy atom. The molecule has 0 bridgehead atoms. The molecule has 0 spiro atoms. The number of hydrogen-bond donors (Lipinski definition) is 4. The van der Waals surface area contributed by atoms with Crippen molar-refractivity contribution < 1.29 is 24.6 Å². The average Bonchev–Trinajstić information content (AvgIpc) is 2.66. The van der Waals surface area contributed by atoms with E-state index in [0.717, 1.165) is 0 Å². The molecular formula is C19H23N5O5. The Morgan fingerprint density at radius 2 is 2.14 bits per heavy atom. The summed E-state index contributed by atoms with van der Waals surface area (Å²) >= 11 is 0. The Hall–Kier alpha value is -3.26. The Bertz CT molecular complexity index is 920. The molecule has 2 aromatic rings. The molecule has 1 atom stereocenters. The van der Waals surface area contributed by atoms with E-state index < -0.39 is 17.6 Å². The first-order valence-electron chi connectivity index (χ1n) is 8.74. The molecule has 2 rings (SSSR count). The van der Waals surface area contributed by atoms with Crippen molar-refractivity contribution in [3.05, 3.63) is 35.4 Å². The van der Waals surface area contributed by atoms with E-state index in [2.05, 4.69) is 15.4 Å². The van der Waals surface area contributed by atoms with Crippen LogP contribution in [0.2, 0.25) is 0 Å². The van der Waals surface area contributed by atoms with Gasteiger partial charge in [-0.05, 0) is 32.9 Å². The number of carbonyl (C=O) groups excluding carboxylic acids is 1. The zero-order valence-electron chi connectivity index (χ0n) is 16.3. The average molecular weight is 401 g/mol. The second kappa shape index (κ2) is 9.29. The largest absolute Gasteiger partial charge is 0.471 e. The predicted octanol–water partition coefficient (Wildman–Crippen LogP) is 0.789. The first kappa shape index (κ1) is 22.0. The van der Waals surface area contributed by atoms with Crippen molar-refractivity contribution in [3.63, 3.8) is 0 Å². The van der Waals surface area contributed by atoms with Crippen LogP contribution in [0.15, 0.2) is 24.3 Å². The zero-order valence-corrected chi connectivity index (χ0v) is 16.3. The highest BCUT2D eigenvalue weighted by Gasteiger charge is 2.24. The molecule has 0 saturated carbocycles. The van der Waals surface area contributed by atoms with Crippen molar-refractivity contribution in [2.45, 2.75) is 32.5 Å². The second-order valence-electron chi connectivity index (χ2n) is 6.95. The van der Waals surface area contributed by atoms with Gasteiger partial charge in [0, 0.05) is 5.56 Å². The fourth-order valence-electron chi connectivity index (χ4n) is 2.17. The number of ether oxygens (including phenoxy) is 1. The Balaban J connectivity index is 2.42. The number of amides is 1. The number of rotatable bonds is 8. The van der Waals surface area contributed by atoms with Crippen molar-refractivity contribution in [1.82, 2.24) is 15.4 Å². The summed E-state index contributed by atoms with van der Waals surface area (Å²) in [6, 6.07) is 8.56. The highest BCUT2D eigenvalue weighted by molar-refractivity contribution is 6.00. The van der Waals surface area contributed by atoms with E-state index >= 15 is 0 Å². The summed E-state index contributed by atoms with van der Waals surface area (Å²) in [4.78, 5) is 25.9. The Labute approximate surface area is 167 Å².